The molecule has 0 amide bonds. The van der Waals surface area contributed by atoms with Crippen LogP contribution < -0.4 is 0 Å². The van der Waals surface area contributed by atoms with Gasteiger partial charge in [-0.1, -0.05) is 18.2 Å². The summed E-state index contributed by atoms with van der Waals surface area (Å²) in [5.41, 5.74) is 0.174. The van der Waals surface area contributed by atoms with Crippen molar-refractivity contribution in [3.8, 4) is 0 Å². The maximum absolute atomic E-state index is 12.5. The van der Waals surface area contributed by atoms with Crippen LogP contribution in [0.25, 0.3) is 0 Å². The van der Waals surface area contributed by atoms with Gasteiger partial charge >= 0.3 is 6.18 Å². The summed E-state index contributed by atoms with van der Waals surface area (Å²) in [5, 5.41) is 0.427. The van der Waals surface area contributed by atoms with Crippen LogP contribution in [0.1, 0.15) is 11.1 Å². The van der Waals surface area contributed by atoms with Crippen molar-refractivity contribution < 1.29 is 13.2 Å². The molecule has 94 valence electrons. The van der Waals surface area contributed by atoms with Crippen molar-refractivity contribution in [3.63, 3.8) is 0 Å². The molecule has 0 N–H and O–H groups in total. The molecule has 0 spiro atoms. The zero-order chi connectivity index (χ0) is 12.5. The second kappa shape index (κ2) is 4.90. The first-order valence-electron chi connectivity index (χ1n) is 5.52. The van der Waals surface area contributed by atoms with Crippen LogP contribution in [0.2, 0.25) is 0 Å². The van der Waals surface area contributed by atoms with E-state index in [2.05, 4.69) is 17.5 Å². The van der Waals surface area contributed by atoms with E-state index in [1.807, 2.05) is 0 Å². The van der Waals surface area contributed by atoms with Crippen molar-refractivity contribution in [2.45, 2.75) is 17.8 Å². The van der Waals surface area contributed by atoms with Crippen molar-refractivity contribution in [1.82, 2.24) is 4.90 Å². The van der Waals surface area contributed by atoms with Gasteiger partial charge in [0.25, 0.3) is 0 Å². The fourth-order valence-corrected chi connectivity index (χ4v) is 2.38. The molecule has 1 saturated heterocycles. The number of hydrogen-bond donors (Lipinski definition) is 1. The van der Waals surface area contributed by atoms with Gasteiger partial charge in [-0.15, -0.1) is 0 Å². The van der Waals surface area contributed by atoms with Crippen LogP contribution in [-0.4, -0.2) is 29.8 Å². The normalized spacial score (nSPS) is 18.1. The van der Waals surface area contributed by atoms with Gasteiger partial charge in [-0.3, -0.25) is 0 Å². The van der Waals surface area contributed by atoms with Crippen molar-refractivity contribution in [3.05, 3.63) is 35.4 Å². The Morgan fingerprint density at radius 2 is 2.00 bits per heavy atom. The van der Waals surface area contributed by atoms with Crippen LogP contribution in [0.15, 0.2) is 24.3 Å². The number of alkyl halides is 3. The predicted molar refractivity (Wildman–Crippen MR) is 64.4 cm³/mol. The third kappa shape index (κ3) is 3.39. The zero-order valence-electron chi connectivity index (χ0n) is 9.24. The molecule has 0 aliphatic carbocycles. The lowest BCUT2D eigenvalue weighted by Crippen LogP contribution is -2.48. The van der Waals surface area contributed by atoms with Crippen LogP contribution in [0, 0.1) is 0 Å². The molecular weight excluding hydrogens is 247 g/mol. The predicted octanol–water partition coefficient (Wildman–Crippen LogP) is 2.86. The average molecular weight is 261 g/mol. The van der Waals surface area contributed by atoms with Crippen molar-refractivity contribution in [1.29, 1.82) is 0 Å². The van der Waals surface area contributed by atoms with E-state index in [0.29, 0.717) is 11.7 Å². The Bertz CT molecular complexity index is 386. The second-order valence-corrected chi connectivity index (χ2v) is 5.09. The van der Waals surface area contributed by atoms with Crippen LogP contribution in [-0.2, 0) is 12.6 Å². The molecule has 1 aromatic carbocycles. The first-order valence-corrected chi connectivity index (χ1v) is 6.03. The summed E-state index contributed by atoms with van der Waals surface area (Å²) in [4.78, 5) is 2.19. The Kier molecular flexibility index (Phi) is 3.68. The molecular formula is C12H14F3NS. The molecule has 5 heteroatoms. The lowest BCUT2D eigenvalue weighted by atomic mass is 10.1. The Labute approximate surface area is 104 Å². The lowest BCUT2D eigenvalue weighted by Gasteiger charge is -2.36. The molecule has 1 aliphatic heterocycles. The maximum atomic E-state index is 12.5. The van der Waals surface area contributed by atoms with Gasteiger partial charge in [0, 0.05) is 24.9 Å². The molecule has 1 aromatic rings. The summed E-state index contributed by atoms with van der Waals surface area (Å²) in [6.07, 6.45) is -3.59. The molecule has 1 heterocycles. The third-order valence-electron chi connectivity index (χ3n) is 2.91. The monoisotopic (exact) mass is 261 g/mol. The van der Waals surface area contributed by atoms with Gasteiger partial charge in [0.15, 0.2) is 0 Å². The number of nitrogens with zero attached hydrogens (tertiary/aromatic N) is 1. The van der Waals surface area contributed by atoms with Crippen molar-refractivity contribution >= 4 is 12.6 Å². The first-order chi connectivity index (χ1) is 7.95. The second-order valence-electron chi connectivity index (χ2n) is 4.36. The average Bonchev–Trinajstić information content (AvgIpc) is 2.22. The van der Waals surface area contributed by atoms with Gasteiger partial charge < -0.3 is 4.90 Å². The molecule has 1 nitrogen and oxygen atoms in total. The Hall–Kier alpha value is -0.680. The highest BCUT2D eigenvalue weighted by Gasteiger charge is 2.30. The zero-order valence-corrected chi connectivity index (χ0v) is 10.1. The van der Waals surface area contributed by atoms with Crippen LogP contribution in [0.5, 0.6) is 0 Å². The van der Waals surface area contributed by atoms with E-state index < -0.39 is 11.7 Å². The molecule has 0 atom stereocenters. The molecule has 0 bridgehead atoms. The van der Waals surface area contributed by atoms with Crippen LogP contribution in [0.3, 0.4) is 0 Å². The standard InChI is InChI=1S/C12H14F3NS/c13-12(14,15)10-3-1-2-9(6-10)4-5-16-7-11(17)8-16/h1-3,6,11,17H,4-5,7-8H2. The van der Waals surface area contributed by atoms with Crippen LogP contribution in [0.4, 0.5) is 13.2 Å². The first kappa shape index (κ1) is 12.8. The Morgan fingerprint density at radius 3 is 2.59 bits per heavy atom. The highest BCUT2D eigenvalue weighted by molar-refractivity contribution is 7.81. The Balaban J connectivity index is 1.92. The van der Waals surface area contributed by atoms with E-state index in [9.17, 15) is 13.2 Å². The number of rotatable bonds is 3. The molecule has 0 unspecified atom stereocenters. The molecule has 0 saturated carbocycles. The maximum Gasteiger partial charge on any atom is 0.416 e. The molecule has 2 rings (SSSR count). The summed E-state index contributed by atoms with van der Waals surface area (Å²) >= 11 is 4.29. The van der Waals surface area contributed by atoms with Crippen molar-refractivity contribution in [2.24, 2.45) is 0 Å². The van der Waals surface area contributed by atoms with E-state index in [1.165, 1.54) is 12.1 Å². The van der Waals surface area contributed by atoms with E-state index in [-0.39, 0.29) is 0 Å². The summed E-state index contributed by atoms with van der Waals surface area (Å²) in [6, 6.07) is 5.55. The number of benzene rings is 1. The fourth-order valence-electron chi connectivity index (χ4n) is 1.92. The summed E-state index contributed by atoms with van der Waals surface area (Å²) in [6.45, 7) is 2.67. The number of likely N-dealkylation sites (tertiary alicyclic amines) is 1. The minimum Gasteiger partial charge on any atom is -0.301 e. The Morgan fingerprint density at radius 1 is 1.29 bits per heavy atom. The minimum atomic E-state index is -4.25. The van der Waals surface area contributed by atoms with E-state index in [0.717, 1.165) is 31.3 Å². The largest absolute Gasteiger partial charge is 0.416 e. The topological polar surface area (TPSA) is 3.24 Å². The molecule has 1 fully saturated rings. The molecule has 0 aromatic heterocycles. The number of thiol groups is 1. The summed E-state index contributed by atoms with van der Waals surface area (Å²) in [5.74, 6) is 0. The smallest absolute Gasteiger partial charge is 0.301 e. The molecule has 17 heavy (non-hydrogen) atoms. The van der Waals surface area contributed by atoms with Crippen LogP contribution >= 0.6 is 12.6 Å². The van der Waals surface area contributed by atoms with E-state index >= 15 is 0 Å². The highest BCUT2D eigenvalue weighted by atomic mass is 32.1. The van der Waals surface area contributed by atoms with E-state index in [1.54, 1.807) is 6.07 Å². The van der Waals surface area contributed by atoms with Gasteiger partial charge in [0.1, 0.15) is 0 Å². The summed E-state index contributed by atoms with van der Waals surface area (Å²) < 4.78 is 37.4. The SMILES string of the molecule is FC(F)(F)c1cccc(CCN2CC(S)C2)c1. The van der Waals surface area contributed by atoms with Crippen molar-refractivity contribution in [2.75, 3.05) is 19.6 Å². The number of hydrogen-bond acceptors (Lipinski definition) is 2. The quantitative estimate of drug-likeness (QED) is 0.819. The van der Waals surface area contributed by atoms with Gasteiger partial charge in [0.05, 0.1) is 5.56 Å². The minimum absolute atomic E-state index is 0.427. The summed E-state index contributed by atoms with van der Waals surface area (Å²) in [7, 11) is 0. The lowest BCUT2D eigenvalue weighted by molar-refractivity contribution is -0.137. The molecule has 0 radical (unpaired) electrons. The van der Waals surface area contributed by atoms with Gasteiger partial charge in [0.2, 0.25) is 0 Å². The number of halogens is 3. The van der Waals surface area contributed by atoms with Gasteiger partial charge in [-0.2, -0.15) is 25.8 Å². The fraction of sp³-hybridized carbons (Fsp3) is 0.500. The highest BCUT2D eigenvalue weighted by Crippen LogP contribution is 2.29. The van der Waals surface area contributed by atoms with E-state index in [4.69, 9.17) is 0 Å². The van der Waals surface area contributed by atoms with Gasteiger partial charge in [-0.05, 0) is 18.1 Å². The van der Waals surface area contributed by atoms with Gasteiger partial charge in [-0.25, -0.2) is 0 Å². The third-order valence-corrected chi connectivity index (χ3v) is 3.24. The molecule has 1 aliphatic rings.